The summed E-state index contributed by atoms with van der Waals surface area (Å²) in [7, 11) is 0. The molecule has 2 amide bonds. The Morgan fingerprint density at radius 1 is 0.860 bits per heavy atom. The van der Waals surface area contributed by atoms with E-state index in [0.717, 1.165) is 23.7 Å². The van der Waals surface area contributed by atoms with Gasteiger partial charge in [0.2, 0.25) is 4.90 Å². The highest BCUT2D eigenvalue weighted by atomic mass is 32.2. The number of benzene rings is 2. The zero-order valence-corrected chi connectivity index (χ0v) is 23.4. The molecule has 1 fully saturated rings. The van der Waals surface area contributed by atoms with Gasteiger partial charge >= 0.3 is 6.18 Å². The van der Waals surface area contributed by atoms with Gasteiger partial charge in [-0.05, 0) is 42.5 Å². The van der Waals surface area contributed by atoms with Gasteiger partial charge in [0.25, 0.3) is 17.7 Å². The zero-order chi connectivity index (χ0) is 30.9. The Bertz CT molecular complexity index is 1670. The van der Waals surface area contributed by atoms with Crippen molar-refractivity contribution in [2.75, 3.05) is 30.9 Å². The summed E-state index contributed by atoms with van der Waals surface area (Å²) in [6.07, 6.45) is -2.34. The first kappa shape index (κ1) is 30.2. The molecule has 3 heterocycles. The number of alkyl halides is 5. The average Bonchev–Trinajstić information content (AvgIpc) is 2.99. The number of fused-ring (bicyclic) bond motifs is 1. The van der Waals surface area contributed by atoms with Gasteiger partial charge in [-0.2, -0.15) is 13.2 Å². The Morgan fingerprint density at radius 3 is 2.16 bits per heavy atom. The van der Waals surface area contributed by atoms with Crippen molar-refractivity contribution in [3.05, 3.63) is 95.4 Å². The first-order valence-electron chi connectivity index (χ1n) is 13.0. The van der Waals surface area contributed by atoms with Crippen LogP contribution in [0.4, 0.5) is 27.6 Å². The summed E-state index contributed by atoms with van der Waals surface area (Å²) in [5, 5.41) is 0.722. The number of piperazine rings is 1. The number of aromatic nitrogens is 2. The third-order valence-electron chi connectivity index (χ3n) is 6.90. The van der Waals surface area contributed by atoms with Gasteiger partial charge in [-0.3, -0.25) is 19.6 Å². The summed E-state index contributed by atoms with van der Waals surface area (Å²) in [5.74, 6) is -4.88. The lowest BCUT2D eigenvalue weighted by Gasteiger charge is -2.35. The molecule has 1 unspecified atom stereocenters. The number of nitrogens with one attached hydrogen (secondary N) is 1. The number of carbonyl (C=O) groups excluding carboxylic acids is 2. The van der Waals surface area contributed by atoms with E-state index in [4.69, 9.17) is 0 Å². The molecule has 4 aromatic rings. The molecule has 5 rings (SSSR count). The predicted molar refractivity (Wildman–Crippen MR) is 149 cm³/mol. The van der Waals surface area contributed by atoms with E-state index in [-0.39, 0.29) is 37.4 Å². The number of amides is 2. The van der Waals surface area contributed by atoms with Crippen LogP contribution in [0.1, 0.15) is 38.9 Å². The number of nitrogens with zero attached hydrogens (tertiary/aromatic N) is 4. The molecule has 0 bridgehead atoms. The largest absolute Gasteiger partial charge is 0.588 e. The van der Waals surface area contributed by atoms with Crippen molar-refractivity contribution in [3.8, 4) is 0 Å². The SMILES string of the molecule is CC(F)(F)c1cc(C(=O)N2CCN(C(=O)c3cccnc3C(F)(F)F)CC2)ccc1N[S+]([O-])c1cccc2cccnc12. The van der Waals surface area contributed by atoms with Crippen LogP contribution in [-0.4, -0.2) is 62.3 Å². The predicted octanol–water partition coefficient (Wildman–Crippen LogP) is 5.49. The zero-order valence-electron chi connectivity index (χ0n) is 22.6. The fraction of sp³-hybridized carbons (Fsp3) is 0.241. The molecular weight excluding hydrogens is 593 g/mol. The Morgan fingerprint density at radius 2 is 1.49 bits per heavy atom. The van der Waals surface area contributed by atoms with E-state index in [1.54, 1.807) is 30.3 Å². The number of carbonyl (C=O) groups is 2. The van der Waals surface area contributed by atoms with Crippen LogP contribution in [0.5, 0.6) is 0 Å². The lowest BCUT2D eigenvalue weighted by molar-refractivity contribution is -0.141. The molecule has 0 spiro atoms. The fourth-order valence-electron chi connectivity index (χ4n) is 4.78. The molecule has 8 nitrogen and oxygen atoms in total. The van der Waals surface area contributed by atoms with Crippen LogP contribution in [-0.2, 0) is 23.5 Å². The lowest BCUT2D eigenvalue weighted by atomic mass is 10.0. The van der Waals surface area contributed by atoms with Crippen LogP contribution in [0.15, 0.2) is 78.0 Å². The number of halogens is 5. The number of hydrogen-bond acceptors (Lipinski definition) is 6. The molecule has 0 saturated carbocycles. The van der Waals surface area contributed by atoms with Crippen molar-refractivity contribution in [2.45, 2.75) is 23.9 Å². The average molecular weight is 618 g/mol. The molecular formula is C29H24F5N5O3S. The van der Waals surface area contributed by atoms with Crippen LogP contribution in [0.25, 0.3) is 10.9 Å². The van der Waals surface area contributed by atoms with Crippen molar-refractivity contribution in [3.63, 3.8) is 0 Å². The molecule has 0 radical (unpaired) electrons. The second-order valence-electron chi connectivity index (χ2n) is 9.83. The Hall–Kier alpha value is -4.30. The Kier molecular flexibility index (Phi) is 8.25. The summed E-state index contributed by atoms with van der Waals surface area (Å²) in [6, 6.07) is 14.4. The molecule has 1 saturated heterocycles. The highest BCUT2D eigenvalue weighted by molar-refractivity contribution is 7.93. The molecule has 1 atom stereocenters. The van der Waals surface area contributed by atoms with Crippen LogP contribution >= 0.6 is 0 Å². The number of pyridine rings is 2. The summed E-state index contributed by atoms with van der Waals surface area (Å²) in [6.45, 7) is 0.475. The first-order valence-corrected chi connectivity index (χ1v) is 14.1. The van der Waals surface area contributed by atoms with E-state index in [9.17, 15) is 36.1 Å². The molecule has 1 aliphatic heterocycles. The Balaban J connectivity index is 1.31. The number of rotatable bonds is 6. The smallest absolute Gasteiger partial charge is 0.434 e. The molecule has 2 aromatic heterocycles. The van der Waals surface area contributed by atoms with E-state index in [0.29, 0.717) is 17.3 Å². The van der Waals surface area contributed by atoms with Gasteiger partial charge in [-0.15, -0.1) is 0 Å². The number of anilines is 1. The van der Waals surface area contributed by atoms with Gasteiger partial charge in [0.05, 0.1) is 11.3 Å². The summed E-state index contributed by atoms with van der Waals surface area (Å²) in [4.78, 5) is 36.4. The van der Waals surface area contributed by atoms with Crippen LogP contribution in [0, 0.1) is 0 Å². The lowest BCUT2D eigenvalue weighted by Crippen LogP contribution is -2.50. The third-order valence-corrected chi connectivity index (χ3v) is 8.03. The maximum absolute atomic E-state index is 14.7. The minimum absolute atomic E-state index is 0.0257. The topological polar surface area (TPSA) is 101 Å². The van der Waals surface area contributed by atoms with Crippen molar-refractivity contribution in [1.82, 2.24) is 19.8 Å². The van der Waals surface area contributed by atoms with Crippen molar-refractivity contribution < 1.29 is 36.1 Å². The number of hydrogen-bond donors (Lipinski definition) is 1. The van der Waals surface area contributed by atoms with E-state index >= 15 is 0 Å². The monoisotopic (exact) mass is 617 g/mol. The van der Waals surface area contributed by atoms with Crippen LogP contribution in [0.2, 0.25) is 0 Å². The van der Waals surface area contributed by atoms with Gasteiger partial charge in [0.15, 0.2) is 5.69 Å². The van der Waals surface area contributed by atoms with E-state index in [1.165, 1.54) is 34.2 Å². The van der Waals surface area contributed by atoms with E-state index < -0.39 is 52.1 Å². The summed E-state index contributed by atoms with van der Waals surface area (Å²) >= 11 is -1.96. The highest BCUT2D eigenvalue weighted by Gasteiger charge is 2.39. The first-order chi connectivity index (χ1) is 20.3. The molecule has 1 aliphatic rings. The Labute approximate surface area is 245 Å². The fourth-order valence-corrected chi connectivity index (χ4v) is 5.82. The van der Waals surface area contributed by atoms with Gasteiger partial charge < -0.3 is 14.4 Å². The normalized spacial score (nSPS) is 15.0. The molecule has 2 aromatic carbocycles. The van der Waals surface area contributed by atoms with Gasteiger partial charge in [-0.1, -0.05) is 18.2 Å². The minimum atomic E-state index is -4.82. The standard InChI is InChI=1S/C29H24F5N5O3S/c1-28(30,31)21-17-19(9-10-22(21)37-43(42)23-8-2-5-18-6-3-11-35-24(18)23)26(40)38-13-15-39(16-14-38)27(41)20-7-4-12-36-25(20)29(32,33)34/h2-12,17,37H,13-16H2,1H3. The summed E-state index contributed by atoms with van der Waals surface area (Å²) < 4.78 is 85.2. The van der Waals surface area contributed by atoms with Crippen molar-refractivity contribution in [2.24, 2.45) is 0 Å². The highest BCUT2D eigenvalue weighted by Crippen LogP contribution is 2.36. The number of para-hydroxylation sites is 1. The minimum Gasteiger partial charge on any atom is -0.588 e. The maximum atomic E-state index is 14.7. The van der Waals surface area contributed by atoms with Crippen molar-refractivity contribution >= 4 is 39.8 Å². The maximum Gasteiger partial charge on any atom is 0.434 e. The second-order valence-corrected chi connectivity index (χ2v) is 11.0. The molecule has 43 heavy (non-hydrogen) atoms. The van der Waals surface area contributed by atoms with Gasteiger partial charge in [-0.25, -0.2) is 13.5 Å². The summed E-state index contributed by atoms with van der Waals surface area (Å²) in [5.41, 5.74) is -2.19. The van der Waals surface area contributed by atoms with Crippen molar-refractivity contribution in [1.29, 1.82) is 0 Å². The van der Waals surface area contributed by atoms with Crippen LogP contribution < -0.4 is 4.72 Å². The van der Waals surface area contributed by atoms with Gasteiger partial charge in [0.1, 0.15) is 16.9 Å². The second kappa shape index (κ2) is 11.8. The molecule has 14 heteroatoms. The molecule has 0 aliphatic carbocycles. The van der Waals surface area contributed by atoms with E-state index in [2.05, 4.69) is 14.7 Å². The van der Waals surface area contributed by atoms with Gasteiger partial charge in [0, 0.05) is 62.0 Å². The quantitative estimate of drug-likeness (QED) is 0.227. The molecule has 1 N–H and O–H groups in total. The van der Waals surface area contributed by atoms with E-state index in [1.807, 2.05) is 0 Å². The van der Waals surface area contributed by atoms with Crippen LogP contribution in [0.3, 0.4) is 0 Å². The third kappa shape index (κ3) is 6.39. The molecule has 224 valence electrons.